The van der Waals surface area contributed by atoms with Crippen LogP contribution in [0.15, 0.2) is 35.3 Å². The zero-order valence-electron chi connectivity index (χ0n) is 21.8. The summed E-state index contributed by atoms with van der Waals surface area (Å²) in [4.78, 5) is 34.7. The van der Waals surface area contributed by atoms with Gasteiger partial charge in [-0.05, 0) is 60.8 Å². The monoisotopic (exact) mass is 492 g/mol. The van der Waals surface area contributed by atoms with Gasteiger partial charge in [0.15, 0.2) is 12.0 Å². The van der Waals surface area contributed by atoms with Gasteiger partial charge in [0.05, 0.1) is 19.8 Å². The maximum atomic E-state index is 14.3. The number of carbonyl (C=O) groups excluding carboxylic acids is 2. The van der Waals surface area contributed by atoms with E-state index < -0.39 is 12.1 Å². The highest BCUT2D eigenvalue weighted by Crippen LogP contribution is 2.62. The van der Waals surface area contributed by atoms with Crippen LogP contribution in [-0.4, -0.2) is 54.9 Å². The molecule has 6 nitrogen and oxygen atoms in total. The molecule has 1 aromatic rings. The smallest absolute Gasteiger partial charge is 0.241 e. The Bertz CT molecular complexity index is 1030. The molecule has 36 heavy (non-hydrogen) atoms. The van der Waals surface area contributed by atoms with Gasteiger partial charge in [-0.15, -0.1) is 0 Å². The number of ether oxygens (including phenoxy) is 2. The summed E-state index contributed by atoms with van der Waals surface area (Å²) in [6, 6.07) is 9.95. The van der Waals surface area contributed by atoms with Gasteiger partial charge in [0.1, 0.15) is 5.92 Å². The van der Waals surface area contributed by atoms with Gasteiger partial charge in [0.25, 0.3) is 0 Å². The summed E-state index contributed by atoms with van der Waals surface area (Å²) in [7, 11) is 0. The van der Waals surface area contributed by atoms with Crippen molar-refractivity contribution in [3.8, 4) is 0 Å². The largest absolute Gasteiger partial charge is 0.374 e. The van der Waals surface area contributed by atoms with Crippen molar-refractivity contribution in [1.82, 2.24) is 4.90 Å². The second-order valence-electron chi connectivity index (χ2n) is 12.4. The van der Waals surface area contributed by atoms with E-state index in [1.165, 1.54) is 32.1 Å². The Balaban J connectivity index is 1.33. The fourth-order valence-electron chi connectivity index (χ4n) is 8.49. The molecule has 1 aromatic carbocycles. The van der Waals surface area contributed by atoms with Crippen molar-refractivity contribution < 1.29 is 19.1 Å². The van der Waals surface area contributed by atoms with Crippen LogP contribution in [-0.2, 0) is 25.6 Å². The fraction of sp³-hybridized carbons (Fsp3) is 0.700. The number of rotatable bonds is 4. The van der Waals surface area contributed by atoms with Crippen molar-refractivity contribution in [3.05, 3.63) is 35.9 Å². The van der Waals surface area contributed by atoms with Crippen molar-refractivity contribution in [3.63, 3.8) is 0 Å². The molecule has 7 atom stereocenters. The highest BCUT2D eigenvalue weighted by Gasteiger charge is 2.59. The van der Waals surface area contributed by atoms with Crippen LogP contribution in [0.25, 0.3) is 0 Å². The Morgan fingerprint density at radius 3 is 2.69 bits per heavy atom. The number of aliphatic imine (C=N–C) groups is 1. The van der Waals surface area contributed by atoms with E-state index in [4.69, 9.17) is 14.5 Å². The number of nitrogens with zero attached hydrogens (tertiary/aromatic N) is 2. The highest BCUT2D eigenvalue weighted by molar-refractivity contribution is 6.23. The summed E-state index contributed by atoms with van der Waals surface area (Å²) in [5.74, 6) is 0.888. The van der Waals surface area contributed by atoms with Crippen LogP contribution < -0.4 is 0 Å². The predicted molar refractivity (Wildman–Crippen MR) is 137 cm³/mol. The molecule has 2 aliphatic heterocycles. The van der Waals surface area contributed by atoms with E-state index in [2.05, 4.69) is 13.8 Å². The molecule has 0 bridgehead atoms. The molecule has 0 radical (unpaired) electrons. The topological polar surface area (TPSA) is 68.2 Å². The first-order valence-corrected chi connectivity index (χ1v) is 14.0. The lowest BCUT2D eigenvalue weighted by atomic mass is 9.49. The van der Waals surface area contributed by atoms with Crippen molar-refractivity contribution >= 4 is 17.4 Å². The summed E-state index contributed by atoms with van der Waals surface area (Å²) in [6.07, 6.45) is 7.22. The van der Waals surface area contributed by atoms with Crippen LogP contribution in [0.5, 0.6) is 0 Å². The molecule has 2 heterocycles. The van der Waals surface area contributed by atoms with E-state index in [-0.39, 0.29) is 17.1 Å². The average molecular weight is 493 g/mol. The van der Waals surface area contributed by atoms with Crippen LogP contribution in [0.3, 0.4) is 0 Å². The standard InChI is InChI=1S/C30H40N2O4/c1-29-12-6-9-22(29)21-17-31-27-26(24(33)11-14-30(27,2)23(21)10-13-29)28(34)32(25-19-35-15-16-36-25)18-20-7-4-3-5-8-20/h3-5,7-8,21-23,25-26H,6,9-19H2,1-2H3/t21-,22-,23+,25?,26?,29-,30+/m0/s1. The molecular formula is C30H40N2O4. The molecule has 6 rings (SSSR count). The molecule has 3 saturated carbocycles. The number of ketones is 1. The second kappa shape index (κ2) is 9.36. The van der Waals surface area contributed by atoms with Crippen LogP contribution in [0.1, 0.15) is 64.4 Å². The van der Waals surface area contributed by atoms with Gasteiger partial charge in [0, 0.05) is 30.6 Å². The minimum absolute atomic E-state index is 0.0194. The number of Topliss-reactive ketones (excluding diaryl/α,β-unsaturated/α-hetero) is 1. The minimum atomic E-state index is -0.796. The maximum absolute atomic E-state index is 14.3. The Kier molecular flexibility index (Phi) is 6.32. The third kappa shape index (κ3) is 3.96. The molecule has 1 amide bonds. The van der Waals surface area contributed by atoms with E-state index in [0.29, 0.717) is 50.0 Å². The van der Waals surface area contributed by atoms with E-state index in [9.17, 15) is 9.59 Å². The van der Waals surface area contributed by atoms with Crippen LogP contribution in [0.4, 0.5) is 0 Å². The molecule has 0 aromatic heterocycles. The molecule has 3 aliphatic carbocycles. The molecule has 1 saturated heterocycles. The van der Waals surface area contributed by atoms with Gasteiger partial charge in [-0.3, -0.25) is 14.6 Å². The first-order valence-electron chi connectivity index (χ1n) is 14.0. The number of fused-ring (bicyclic) bond motifs is 5. The lowest BCUT2D eigenvalue weighted by Gasteiger charge is -2.56. The van der Waals surface area contributed by atoms with E-state index >= 15 is 0 Å². The van der Waals surface area contributed by atoms with E-state index in [1.807, 2.05) is 30.3 Å². The summed E-state index contributed by atoms with van der Waals surface area (Å²) < 4.78 is 11.7. The number of hydrogen-bond donors (Lipinski definition) is 0. The van der Waals surface area contributed by atoms with Gasteiger partial charge in [0.2, 0.25) is 5.91 Å². The van der Waals surface area contributed by atoms with Crippen LogP contribution in [0, 0.1) is 34.5 Å². The van der Waals surface area contributed by atoms with Gasteiger partial charge in [-0.2, -0.15) is 0 Å². The van der Waals surface area contributed by atoms with Crippen LogP contribution >= 0.6 is 0 Å². The van der Waals surface area contributed by atoms with Crippen molar-refractivity contribution in [1.29, 1.82) is 0 Å². The maximum Gasteiger partial charge on any atom is 0.241 e. The van der Waals surface area contributed by atoms with Crippen molar-refractivity contribution in [2.24, 2.45) is 39.5 Å². The zero-order chi connectivity index (χ0) is 24.9. The summed E-state index contributed by atoms with van der Waals surface area (Å²) in [6.45, 7) is 7.28. The molecule has 6 heteroatoms. The first kappa shape index (κ1) is 24.3. The third-order valence-corrected chi connectivity index (χ3v) is 10.5. The highest BCUT2D eigenvalue weighted by atomic mass is 16.6. The molecule has 0 N–H and O–H groups in total. The quantitative estimate of drug-likeness (QED) is 0.574. The summed E-state index contributed by atoms with van der Waals surface area (Å²) in [5.41, 5.74) is 2.16. The number of carbonyl (C=O) groups is 2. The van der Waals surface area contributed by atoms with E-state index in [0.717, 1.165) is 30.2 Å². The molecule has 194 valence electrons. The Morgan fingerprint density at radius 1 is 1.08 bits per heavy atom. The number of benzene rings is 1. The predicted octanol–water partition coefficient (Wildman–Crippen LogP) is 4.66. The Labute approximate surface area is 214 Å². The molecular weight excluding hydrogens is 452 g/mol. The van der Waals surface area contributed by atoms with Gasteiger partial charge in [-0.25, -0.2) is 0 Å². The Hall–Kier alpha value is -2.05. The number of amides is 1. The normalized spacial score (nSPS) is 40.0. The van der Waals surface area contributed by atoms with Gasteiger partial charge in [-0.1, -0.05) is 50.6 Å². The first-order chi connectivity index (χ1) is 17.4. The SMILES string of the molecule is C[C@@]12CCC[C@H]1[C@@H]1CN=C3C(C(=O)N(Cc4ccccc4)C4COCCO4)C(=O)CC[C@]3(C)[C@@H]1CC2. The molecule has 0 spiro atoms. The lowest BCUT2D eigenvalue weighted by molar-refractivity contribution is -0.177. The molecule has 2 unspecified atom stereocenters. The lowest BCUT2D eigenvalue weighted by Crippen LogP contribution is -2.60. The van der Waals surface area contributed by atoms with Crippen molar-refractivity contribution in [2.45, 2.75) is 71.6 Å². The van der Waals surface area contributed by atoms with Gasteiger partial charge >= 0.3 is 0 Å². The van der Waals surface area contributed by atoms with Crippen molar-refractivity contribution in [2.75, 3.05) is 26.4 Å². The fourth-order valence-corrected chi connectivity index (χ4v) is 8.49. The van der Waals surface area contributed by atoms with E-state index in [1.54, 1.807) is 4.90 Å². The molecule has 4 fully saturated rings. The minimum Gasteiger partial charge on any atom is -0.374 e. The zero-order valence-corrected chi connectivity index (χ0v) is 21.8. The average Bonchev–Trinajstić information content (AvgIpc) is 3.30. The number of hydrogen-bond acceptors (Lipinski definition) is 5. The van der Waals surface area contributed by atoms with Gasteiger partial charge < -0.3 is 14.4 Å². The van der Waals surface area contributed by atoms with Crippen LogP contribution in [0.2, 0.25) is 0 Å². The third-order valence-electron chi connectivity index (χ3n) is 10.5. The Morgan fingerprint density at radius 2 is 1.92 bits per heavy atom. The second-order valence-corrected chi connectivity index (χ2v) is 12.4. The summed E-state index contributed by atoms with van der Waals surface area (Å²) >= 11 is 0. The summed E-state index contributed by atoms with van der Waals surface area (Å²) in [5, 5.41) is 0. The molecule has 5 aliphatic rings.